The van der Waals surface area contributed by atoms with E-state index in [1.165, 1.54) is 7.11 Å². The van der Waals surface area contributed by atoms with Crippen molar-refractivity contribution < 1.29 is 22.7 Å². The number of amides is 2. The van der Waals surface area contributed by atoms with Crippen LogP contribution in [0.5, 0.6) is 0 Å². The highest BCUT2D eigenvalue weighted by Crippen LogP contribution is 2.12. The zero-order valence-electron chi connectivity index (χ0n) is 9.52. The molecule has 0 aromatic rings. The molecule has 0 spiro atoms. The number of carbonyl (C=O) groups excluding carboxylic acids is 1. The van der Waals surface area contributed by atoms with Crippen LogP contribution in [0.2, 0.25) is 0 Å². The van der Waals surface area contributed by atoms with Gasteiger partial charge in [0.2, 0.25) is 0 Å². The molecule has 0 aliphatic rings. The second-order valence-electron chi connectivity index (χ2n) is 3.75. The third-order valence-electron chi connectivity index (χ3n) is 1.92. The minimum Gasteiger partial charge on any atom is -0.383 e. The van der Waals surface area contributed by atoms with Crippen molar-refractivity contribution in [3.8, 4) is 0 Å². The van der Waals surface area contributed by atoms with Gasteiger partial charge in [0, 0.05) is 7.11 Å². The monoisotopic (exact) mass is 242 g/mol. The molecule has 0 aromatic carbocycles. The Kier molecular flexibility index (Phi) is 6.17. The molecule has 0 saturated heterocycles. The zero-order chi connectivity index (χ0) is 12.8. The van der Waals surface area contributed by atoms with Gasteiger partial charge < -0.3 is 15.4 Å². The molecule has 0 radical (unpaired) electrons. The molecule has 0 aliphatic heterocycles. The topological polar surface area (TPSA) is 50.4 Å². The van der Waals surface area contributed by atoms with E-state index in [2.05, 4.69) is 5.32 Å². The summed E-state index contributed by atoms with van der Waals surface area (Å²) in [6.07, 6.45) is -4.40. The van der Waals surface area contributed by atoms with E-state index in [0.29, 0.717) is 0 Å². The fraction of sp³-hybridized carbons (Fsp3) is 0.889. The summed E-state index contributed by atoms with van der Waals surface area (Å²) >= 11 is 0. The third-order valence-corrected chi connectivity index (χ3v) is 1.92. The van der Waals surface area contributed by atoms with Crippen molar-refractivity contribution in [1.82, 2.24) is 10.6 Å². The third kappa shape index (κ3) is 7.33. The van der Waals surface area contributed by atoms with E-state index in [9.17, 15) is 18.0 Å². The number of nitrogens with one attached hydrogen (secondary N) is 2. The van der Waals surface area contributed by atoms with E-state index in [1.54, 1.807) is 5.32 Å². The lowest BCUT2D eigenvalue weighted by Crippen LogP contribution is -2.48. The fourth-order valence-corrected chi connectivity index (χ4v) is 0.980. The second-order valence-corrected chi connectivity index (χ2v) is 3.75. The molecular weight excluding hydrogens is 225 g/mol. The van der Waals surface area contributed by atoms with Gasteiger partial charge in [0.15, 0.2) is 0 Å². The normalized spacial score (nSPS) is 13.7. The molecule has 0 fully saturated rings. The quantitative estimate of drug-likeness (QED) is 0.768. The van der Waals surface area contributed by atoms with E-state index in [4.69, 9.17) is 4.74 Å². The lowest BCUT2D eigenvalue weighted by Gasteiger charge is -2.21. The van der Waals surface area contributed by atoms with Crippen molar-refractivity contribution in [2.24, 2.45) is 5.92 Å². The van der Waals surface area contributed by atoms with Crippen molar-refractivity contribution in [2.45, 2.75) is 26.1 Å². The second kappa shape index (κ2) is 6.57. The van der Waals surface area contributed by atoms with E-state index in [1.807, 2.05) is 13.8 Å². The first-order valence-electron chi connectivity index (χ1n) is 4.86. The smallest absolute Gasteiger partial charge is 0.383 e. The van der Waals surface area contributed by atoms with Crippen LogP contribution in [-0.4, -0.2) is 38.5 Å². The predicted octanol–water partition coefficient (Wildman–Crippen LogP) is 1.52. The molecule has 1 atom stereocenters. The van der Waals surface area contributed by atoms with Crippen LogP contribution in [0.25, 0.3) is 0 Å². The largest absolute Gasteiger partial charge is 0.405 e. The highest BCUT2D eigenvalue weighted by atomic mass is 19.4. The Bertz CT molecular complexity index is 219. The van der Waals surface area contributed by atoms with Gasteiger partial charge in [-0.25, -0.2) is 4.79 Å². The first kappa shape index (κ1) is 15.0. The number of rotatable bonds is 5. The predicted molar refractivity (Wildman–Crippen MR) is 53.1 cm³/mol. The summed E-state index contributed by atoms with van der Waals surface area (Å²) in [6.45, 7) is 2.61. The average molecular weight is 242 g/mol. The Hall–Kier alpha value is -0.980. The van der Waals surface area contributed by atoms with Crippen LogP contribution in [0.4, 0.5) is 18.0 Å². The summed E-state index contributed by atoms with van der Waals surface area (Å²) in [5.74, 6) is 0.0802. The van der Waals surface area contributed by atoms with E-state index in [0.717, 1.165) is 0 Å². The number of carbonyl (C=O) groups is 1. The van der Waals surface area contributed by atoms with Crippen molar-refractivity contribution in [3.63, 3.8) is 0 Å². The Balaban J connectivity index is 4.00. The van der Waals surface area contributed by atoms with Gasteiger partial charge in [-0.3, -0.25) is 0 Å². The zero-order valence-corrected chi connectivity index (χ0v) is 9.52. The SMILES string of the molecule is COCC(NC(=O)NCC(F)(F)F)C(C)C. The summed E-state index contributed by atoms with van der Waals surface area (Å²) in [5.41, 5.74) is 0. The lowest BCUT2D eigenvalue weighted by atomic mass is 10.1. The van der Waals surface area contributed by atoms with Crippen LogP contribution in [-0.2, 0) is 4.74 Å². The Morgan fingerprint density at radius 1 is 1.38 bits per heavy atom. The Morgan fingerprint density at radius 2 is 1.94 bits per heavy atom. The summed E-state index contributed by atoms with van der Waals surface area (Å²) in [6, 6.07) is -1.15. The molecule has 0 saturated carbocycles. The van der Waals surface area contributed by atoms with Crippen molar-refractivity contribution in [2.75, 3.05) is 20.3 Å². The highest BCUT2D eigenvalue weighted by molar-refractivity contribution is 5.74. The Morgan fingerprint density at radius 3 is 2.31 bits per heavy atom. The van der Waals surface area contributed by atoms with Gasteiger partial charge in [-0.2, -0.15) is 13.2 Å². The number of hydrogen-bond acceptors (Lipinski definition) is 2. The Labute approximate surface area is 92.5 Å². The van der Waals surface area contributed by atoms with E-state index in [-0.39, 0.29) is 18.6 Å². The number of ether oxygens (including phenoxy) is 1. The number of urea groups is 1. The van der Waals surface area contributed by atoms with Crippen LogP contribution in [0.15, 0.2) is 0 Å². The fourth-order valence-electron chi connectivity index (χ4n) is 0.980. The summed E-state index contributed by atoms with van der Waals surface area (Å²) in [7, 11) is 1.46. The van der Waals surface area contributed by atoms with E-state index >= 15 is 0 Å². The molecule has 16 heavy (non-hydrogen) atoms. The maximum atomic E-state index is 11.8. The molecule has 1 unspecified atom stereocenters. The van der Waals surface area contributed by atoms with Crippen molar-refractivity contribution >= 4 is 6.03 Å². The van der Waals surface area contributed by atoms with Gasteiger partial charge in [0.25, 0.3) is 0 Å². The van der Waals surface area contributed by atoms with Crippen LogP contribution in [0.1, 0.15) is 13.8 Å². The first-order chi connectivity index (χ1) is 7.26. The molecule has 0 heterocycles. The average Bonchev–Trinajstić information content (AvgIpc) is 2.13. The van der Waals surface area contributed by atoms with Crippen molar-refractivity contribution in [1.29, 1.82) is 0 Å². The molecule has 7 heteroatoms. The van der Waals surface area contributed by atoms with Gasteiger partial charge in [-0.1, -0.05) is 13.8 Å². The highest BCUT2D eigenvalue weighted by Gasteiger charge is 2.28. The van der Waals surface area contributed by atoms with Crippen LogP contribution in [0.3, 0.4) is 0 Å². The lowest BCUT2D eigenvalue weighted by molar-refractivity contribution is -0.122. The van der Waals surface area contributed by atoms with Gasteiger partial charge in [-0.05, 0) is 5.92 Å². The van der Waals surface area contributed by atoms with E-state index < -0.39 is 18.8 Å². The summed E-state index contributed by atoms with van der Waals surface area (Å²) in [5, 5.41) is 4.15. The number of hydrogen-bond donors (Lipinski definition) is 2. The van der Waals surface area contributed by atoms with Gasteiger partial charge >= 0.3 is 12.2 Å². The molecule has 2 N–H and O–H groups in total. The molecule has 0 rings (SSSR count). The summed E-state index contributed by atoms with van der Waals surface area (Å²) in [4.78, 5) is 11.1. The molecule has 4 nitrogen and oxygen atoms in total. The maximum Gasteiger partial charge on any atom is 0.405 e. The molecule has 0 aliphatic carbocycles. The minimum atomic E-state index is -4.40. The minimum absolute atomic E-state index is 0.0802. The van der Waals surface area contributed by atoms with Crippen LogP contribution < -0.4 is 10.6 Å². The number of methoxy groups -OCH3 is 1. The molecule has 0 aromatic heterocycles. The first-order valence-corrected chi connectivity index (χ1v) is 4.86. The van der Waals surface area contributed by atoms with Crippen LogP contribution >= 0.6 is 0 Å². The van der Waals surface area contributed by atoms with Crippen molar-refractivity contribution in [3.05, 3.63) is 0 Å². The molecule has 96 valence electrons. The van der Waals surface area contributed by atoms with Crippen LogP contribution in [0, 0.1) is 5.92 Å². The number of alkyl halides is 3. The van der Waals surface area contributed by atoms with Gasteiger partial charge in [0.1, 0.15) is 6.54 Å². The summed E-state index contributed by atoms with van der Waals surface area (Å²) < 4.78 is 40.2. The maximum absolute atomic E-state index is 11.8. The van der Waals surface area contributed by atoms with Gasteiger partial charge in [-0.15, -0.1) is 0 Å². The standard InChI is InChI=1S/C9H17F3N2O2/c1-6(2)7(4-16-3)14-8(15)13-5-9(10,11)12/h6-7H,4-5H2,1-3H3,(H2,13,14,15). The molecular formula is C9H17F3N2O2. The number of halogens is 3. The molecule has 0 bridgehead atoms. The van der Waals surface area contributed by atoms with Gasteiger partial charge in [0.05, 0.1) is 12.6 Å². The molecule has 2 amide bonds.